The third kappa shape index (κ3) is 3.59. The number of hydrogen-bond acceptors (Lipinski definition) is 3. The zero-order chi connectivity index (χ0) is 17.1. The van der Waals surface area contributed by atoms with Crippen molar-refractivity contribution in [2.75, 3.05) is 6.54 Å². The predicted molar refractivity (Wildman–Crippen MR) is 95.9 cm³/mol. The molecule has 1 unspecified atom stereocenters. The van der Waals surface area contributed by atoms with Crippen LogP contribution in [0.4, 0.5) is 0 Å². The van der Waals surface area contributed by atoms with Crippen LogP contribution in [-0.4, -0.2) is 28.6 Å². The molecule has 1 aliphatic carbocycles. The molecule has 1 aliphatic rings. The van der Waals surface area contributed by atoms with Gasteiger partial charge < -0.3 is 10.4 Å². The van der Waals surface area contributed by atoms with Crippen molar-refractivity contribution in [1.29, 1.82) is 0 Å². The second kappa shape index (κ2) is 7.31. The number of carbonyl (C=O) groups is 1. The van der Waals surface area contributed by atoms with Crippen LogP contribution in [0.2, 0.25) is 0 Å². The van der Waals surface area contributed by atoms with Gasteiger partial charge in [-0.15, -0.1) is 0 Å². The highest BCUT2D eigenvalue weighted by Crippen LogP contribution is 2.27. The maximum atomic E-state index is 12.3. The predicted octanol–water partition coefficient (Wildman–Crippen LogP) is 3.06. The average molecular weight is 326 g/mol. The number of aromatic nitrogens is 1. The maximum absolute atomic E-state index is 12.3. The Kier molecular flexibility index (Phi) is 5.14. The normalized spacial score (nSPS) is 16.5. The van der Waals surface area contributed by atoms with Crippen LogP contribution in [0.15, 0.2) is 24.3 Å². The lowest BCUT2D eigenvalue weighted by Gasteiger charge is -2.18. The number of aryl methyl sites for hydroxylation is 2. The third-order valence-corrected chi connectivity index (χ3v) is 5.28. The number of amides is 1. The molecule has 128 valence electrons. The van der Waals surface area contributed by atoms with Gasteiger partial charge in [0.2, 0.25) is 5.91 Å². The number of fused-ring (bicyclic) bond motifs is 1. The molecule has 1 saturated carbocycles. The minimum atomic E-state index is -0.423. The summed E-state index contributed by atoms with van der Waals surface area (Å²) in [6.45, 7) is 4.35. The lowest BCUT2D eigenvalue weighted by atomic mass is 9.98. The zero-order valence-corrected chi connectivity index (χ0v) is 14.5. The van der Waals surface area contributed by atoms with E-state index in [1.165, 1.54) is 12.8 Å². The van der Waals surface area contributed by atoms with Crippen molar-refractivity contribution in [2.45, 2.75) is 52.1 Å². The quantitative estimate of drug-likeness (QED) is 0.887. The molecular weight excluding hydrogens is 300 g/mol. The summed E-state index contributed by atoms with van der Waals surface area (Å²) in [5.41, 5.74) is 3.97. The van der Waals surface area contributed by atoms with Gasteiger partial charge in [0.15, 0.2) is 0 Å². The molecule has 3 rings (SSSR count). The molecule has 0 radical (unpaired) electrons. The zero-order valence-electron chi connectivity index (χ0n) is 14.5. The molecule has 0 bridgehead atoms. The second-order valence-corrected chi connectivity index (χ2v) is 6.91. The minimum Gasteiger partial charge on any atom is -0.391 e. The molecule has 1 aromatic heterocycles. The maximum Gasteiger partial charge on any atom is 0.224 e. The Morgan fingerprint density at radius 3 is 2.75 bits per heavy atom. The first-order valence-corrected chi connectivity index (χ1v) is 8.86. The fourth-order valence-electron chi connectivity index (χ4n) is 3.78. The van der Waals surface area contributed by atoms with Gasteiger partial charge in [0, 0.05) is 17.6 Å². The van der Waals surface area contributed by atoms with E-state index in [4.69, 9.17) is 0 Å². The number of pyridine rings is 1. The van der Waals surface area contributed by atoms with Gasteiger partial charge in [-0.1, -0.05) is 31.0 Å². The van der Waals surface area contributed by atoms with Crippen LogP contribution >= 0.6 is 0 Å². The number of benzene rings is 1. The van der Waals surface area contributed by atoms with E-state index < -0.39 is 6.10 Å². The summed E-state index contributed by atoms with van der Waals surface area (Å²) >= 11 is 0. The number of nitrogens with zero attached hydrogens (tertiary/aromatic N) is 1. The fraction of sp³-hybridized carbons (Fsp3) is 0.500. The van der Waals surface area contributed by atoms with Crippen molar-refractivity contribution < 1.29 is 9.90 Å². The van der Waals surface area contributed by atoms with Crippen LogP contribution in [0.3, 0.4) is 0 Å². The van der Waals surface area contributed by atoms with E-state index in [9.17, 15) is 9.90 Å². The van der Waals surface area contributed by atoms with E-state index in [1.54, 1.807) is 0 Å². The molecule has 2 aromatic rings. The van der Waals surface area contributed by atoms with E-state index in [2.05, 4.69) is 10.3 Å². The molecule has 1 fully saturated rings. The third-order valence-electron chi connectivity index (χ3n) is 5.28. The van der Waals surface area contributed by atoms with E-state index in [0.29, 0.717) is 18.9 Å². The Morgan fingerprint density at radius 2 is 2.00 bits per heavy atom. The van der Waals surface area contributed by atoms with Crippen molar-refractivity contribution in [3.63, 3.8) is 0 Å². The molecule has 4 nitrogen and oxygen atoms in total. The molecule has 0 spiro atoms. The highest BCUT2D eigenvalue weighted by Gasteiger charge is 2.23. The first-order chi connectivity index (χ1) is 11.6. The van der Waals surface area contributed by atoms with E-state index >= 15 is 0 Å². The number of aliphatic hydroxyl groups is 1. The Hall–Kier alpha value is -1.94. The number of nitrogens with one attached hydrogen (secondary N) is 1. The number of carbonyl (C=O) groups excluding carboxylic acids is 1. The lowest BCUT2D eigenvalue weighted by Crippen LogP contribution is -2.36. The van der Waals surface area contributed by atoms with Crippen molar-refractivity contribution in [3.05, 3.63) is 41.1 Å². The lowest BCUT2D eigenvalue weighted by molar-refractivity contribution is -0.121. The topological polar surface area (TPSA) is 62.2 Å². The van der Waals surface area contributed by atoms with Gasteiger partial charge in [0.1, 0.15) is 0 Å². The molecule has 4 heteroatoms. The summed E-state index contributed by atoms with van der Waals surface area (Å²) in [7, 11) is 0. The molecule has 0 aliphatic heterocycles. The Balaban J connectivity index is 1.66. The van der Waals surface area contributed by atoms with Crippen molar-refractivity contribution >= 4 is 16.8 Å². The number of rotatable bonds is 5. The molecule has 1 amide bonds. The van der Waals surface area contributed by atoms with Gasteiger partial charge in [0.05, 0.1) is 18.0 Å². The van der Waals surface area contributed by atoms with Crippen molar-refractivity contribution in [1.82, 2.24) is 10.3 Å². The summed E-state index contributed by atoms with van der Waals surface area (Å²) in [6.07, 6.45) is 4.42. The van der Waals surface area contributed by atoms with Gasteiger partial charge in [-0.05, 0) is 49.8 Å². The average Bonchev–Trinajstić information content (AvgIpc) is 3.11. The minimum absolute atomic E-state index is 0.0460. The van der Waals surface area contributed by atoms with Crippen LogP contribution < -0.4 is 5.32 Å². The molecule has 1 heterocycles. The fourth-order valence-corrected chi connectivity index (χ4v) is 3.78. The van der Waals surface area contributed by atoms with Gasteiger partial charge in [0.25, 0.3) is 0 Å². The van der Waals surface area contributed by atoms with Crippen LogP contribution in [0, 0.1) is 19.8 Å². The van der Waals surface area contributed by atoms with Crippen LogP contribution in [-0.2, 0) is 11.2 Å². The van der Waals surface area contributed by atoms with Crippen molar-refractivity contribution in [3.8, 4) is 0 Å². The Morgan fingerprint density at radius 1 is 1.29 bits per heavy atom. The first-order valence-electron chi connectivity index (χ1n) is 8.86. The van der Waals surface area contributed by atoms with Gasteiger partial charge in [-0.2, -0.15) is 0 Å². The molecule has 2 N–H and O–H groups in total. The summed E-state index contributed by atoms with van der Waals surface area (Å²) in [5.74, 6) is 0.298. The summed E-state index contributed by atoms with van der Waals surface area (Å²) in [4.78, 5) is 16.9. The van der Waals surface area contributed by atoms with Crippen molar-refractivity contribution in [2.24, 2.45) is 5.92 Å². The summed E-state index contributed by atoms with van der Waals surface area (Å²) in [6, 6.07) is 8.01. The number of aliphatic hydroxyl groups excluding tert-OH is 1. The molecule has 0 saturated heterocycles. The Labute approximate surface area is 143 Å². The smallest absolute Gasteiger partial charge is 0.224 e. The molecule has 24 heavy (non-hydrogen) atoms. The van der Waals surface area contributed by atoms with E-state index in [-0.39, 0.29) is 5.91 Å². The molecule has 1 atom stereocenters. The molecular formula is C20H26N2O2. The van der Waals surface area contributed by atoms with E-state index in [0.717, 1.165) is 40.6 Å². The monoisotopic (exact) mass is 326 g/mol. The van der Waals surface area contributed by atoms with Gasteiger partial charge in [-0.3, -0.25) is 9.78 Å². The highest BCUT2D eigenvalue weighted by molar-refractivity contribution is 5.86. The summed E-state index contributed by atoms with van der Waals surface area (Å²) in [5, 5.41) is 14.2. The highest BCUT2D eigenvalue weighted by atomic mass is 16.3. The van der Waals surface area contributed by atoms with Crippen LogP contribution in [0.25, 0.3) is 10.9 Å². The van der Waals surface area contributed by atoms with Gasteiger partial charge >= 0.3 is 0 Å². The molecule has 1 aromatic carbocycles. The SMILES string of the molecule is Cc1nc2ccccc2c(C)c1CC(=O)NCC(O)C1CCCC1. The van der Waals surface area contributed by atoms with Gasteiger partial charge in [-0.25, -0.2) is 0 Å². The van der Waals surface area contributed by atoms with Crippen LogP contribution in [0.1, 0.15) is 42.5 Å². The Bertz CT molecular complexity index is 736. The second-order valence-electron chi connectivity index (χ2n) is 6.91. The van der Waals surface area contributed by atoms with E-state index in [1.807, 2.05) is 38.1 Å². The van der Waals surface area contributed by atoms with Crippen LogP contribution in [0.5, 0.6) is 0 Å². The standard InChI is InChI=1S/C20H26N2O2/c1-13-16-9-5-6-10-18(16)22-14(2)17(13)11-20(24)21-12-19(23)15-7-3-4-8-15/h5-6,9-10,15,19,23H,3-4,7-8,11-12H2,1-2H3,(H,21,24). The largest absolute Gasteiger partial charge is 0.391 e. The summed E-state index contributed by atoms with van der Waals surface area (Å²) < 4.78 is 0. The number of para-hydroxylation sites is 1. The first kappa shape index (κ1) is 16.9. The number of hydrogen-bond donors (Lipinski definition) is 2.